The highest BCUT2D eigenvalue weighted by molar-refractivity contribution is 8.19. The summed E-state index contributed by atoms with van der Waals surface area (Å²) in [5.41, 5.74) is 1.10. The first kappa shape index (κ1) is 15.7. The van der Waals surface area contributed by atoms with E-state index in [1.54, 1.807) is 6.08 Å². The molecule has 1 aromatic rings. The van der Waals surface area contributed by atoms with Gasteiger partial charge >= 0.3 is 0 Å². The van der Waals surface area contributed by atoms with Crippen molar-refractivity contribution in [2.75, 3.05) is 25.5 Å². The van der Waals surface area contributed by atoms with Gasteiger partial charge in [-0.1, -0.05) is 30.0 Å². The number of amides is 1. The third-order valence-electron chi connectivity index (χ3n) is 2.86. The number of anilines is 1. The number of nitrogens with one attached hydrogen (secondary N) is 1. The largest absolute Gasteiger partial charge is 0.377 e. The van der Waals surface area contributed by atoms with Gasteiger partial charge in [0.25, 0.3) is 5.91 Å². The third kappa shape index (κ3) is 3.51. The zero-order chi connectivity index (χ0) is 15.4. The number of para-hydroxylation sites is 1. The molecule has 0 radical (unpaired) electrons. The molecule has 1 aromatic carbocycles. The molecule has 1 aliphatic rings. The Balaban J connectivity index is 2.17. The minimum Gasteiger partial charge on any atom is -0.377 e. The van der Waals surface area contributed by atoms with Crippen LogP contribution in [0.4, 0.5) is 5.69 Å². The lowest BCUT2D eigenvalue weighted by molar-refractivity contribution is -0.121. The van der Waals surface area contributed by atoms with E-state index in [1.807, 2.05) is 48.7 Å². The summed E-state index contributed by atoms with van der Waals surface area (Å²) in [6.07, 6.45) is 1.63. The van der Waals surface area contributed by atoms with Gasteiger partial charge in [-0.3, -0.25) is 15.1 Å². The van der Waals surface area contributed by atoms with Gasteiger partial charge in [-0.15, -0.1) is 6.58 Å². The van der Waals surface area contributed by atoms with Gasteiger partial charge in [-0.2, -0.15) is 0 Å². The van der Waals surface area contributed by atoms with Crippen LogP contribution in [0.25, 0.3) is 0 Å². The van der Waals surface area contributed by atoms with E-state index in [4.69, 9.17) is 5.41 Å². The van der Waals surface area contributed by atoms with Crippen molar-refractivity contribution in [2.45, 2.75) is 4.90 Å². The minimum absolute atomic E-state index is 0.125. The van der Waals surface area contributed by atoms with Crippen LogP contribution in [0.15, 0.2) is 52.1 Å². The number of carbonyl (C=O) groups excluding carboxylic acids is 1. The maximum atomic E-state index is 12.2. The second-order valence-corrected chi connectivity index (χ2v) is 6.52. The van der Waals surface area contributed by atoms with E-state index in [0.717, 1.165) is 10.6 Å². The number of amidine groups is 1. The first-order valence-corrected chi connectivity index (χ1v) is 8.06. The van der Waals surface area contributed by atoms with Crippen molar-refractivity contribution in [1.29, 1.82) is 5.41 Å². The molecule has 0 unspecified atom stereocenters. The van der Waals surface area contributed by atoms with Crippen molar-refractivity contribution in [3.8, 4) is 0 Å². The number of benzene rings is 1. The fourth-order valence-corrected chi connectivity index (χ4v) is 3.71. The average molecular weight is 319 g/mol. The van der Waals surface area contributed by atoms with Crippen molar-refractivity contribution in [1.82, 2.24) is 4.90 Å². The first-order chi connectivity index (χ1) is 10.0. The standard InChI is InChI=1S/C15H17N3OS2/c1-4-9-18-14(19)13(21-15(18)16)10-20-12-8-6-5-7-11(12)17(2)3/h4-8,10,16H,1,9H2,2-3H3/b13-10-,16-15?. The lowest BCUT2D eigenvalue weighted by Gasteiger charge is -2.15. The van der Waals surface area contributed by atoms with Gasteiger partial charge in [0.15, 0.2) is 5.17 Å². The van der Waals surface area contributed by atoms with E-state index in [0.29, 0.717) is 11.4 Å². The SMILES string of the molecule is C=CCN1C(=N)S/C(=C\Sc2ccccc2N(C)C)C1=O. The third-order valence-corrected chi connectivity index (χ3v) is 4.89. The molecule has 1 saturated heterocycles. The summed E-state index contributed by atoms with van der Waals surface area (Å²) in [6, 6.07) is 8.03. The van der Waals surface area contributed by atoms with Gasteiger partial charge in [0.05, 0.1) is 10.6 Å². The van der Waals surface area contributed by atoms with Crippen LogP contribution in [0.1, 0.15) is 0 Å². The van der Waals surface area contributed by atoms with Gasteiger partial charge in [-0.25, -0.2) is 0 Å². The number of thioether (sulfide) groups is 2. The van der Waals surface area contributed by atoms with Crippen LogP contribution in [0.2, 0.25) is 0 Å². The summed E-state index contributed by atoms with van der Waals surface area (Å²) in [5.74, 6) is -0.125. The smallest absolute Gasteiger partial charge is 0.267 e. The molecule has 2 rings (SSSR count). The molecule has 110 valence electrons. The van der Waals surface area contributed by atoms with Gasteiger partial charge < -0.3 is 4.90 Å². The number of nitrogens with zero attached hydrogens (tertiary/aromatic N) is 2. The second-order valence-electron chi connectivity index (χ2n) is 4.57. The highest BCUT2D eigenvalue weighted by atomic mass is 32.2. The molecule has 0 saturated carbocycles. The van der Waals surface area contributed by atoms with Gasteiger partial charge in [0.1, 0.15) is 0 Å². The van der Waals surface area contributed by atoms with Crippen molar-refractivity contribution in [2.24, 2.45) is 0 Å². The molecule has 6 heteroatoms. The zero-order valence-corrected chi connectivity index (χ0v) is 13.6. The summed E-state index contributed by atoms with van der Waals surface area (Å²) >= 11 is 2.70. The van der Waals surface area contributed by atoms with Crippen LogP contribution in [-0.2, 0) is 4.79 Å². The highest BCUT2D eigenvalue weighted by Crippen LogP contribution is 2.36. The summed E-state index contributed by atoms with van der Waals surface area (Å²) in [7, 11) is 3.98. The number of carbonyl (C=O) groups is 1. The predicted octanol–water partition coefficient (Wildman–Crippen LogP) is 3.38. The Morgan fingerprint density at radius 2 is 2.14 bits per heavy atom. The normalized spacial score (nSPS) is 16.7. The van der Waals surface area contributed by atoms with Gasteiger partial charge in [0.2, 0.25) is 0 Å². The van der Waals surface area contributed by atoms with E-state index in [2.05, 4.69) is 6.58 Å². The quantitative estimate of drug-likeness (QED) is 0.513. The van der Waals surface area contributed by atoms with E-state index in [9.17, 15) is 4.79 Å². The minimum atomic E-state index is -0.125. The first-order valence-electron chi connectivity index (χ1n) is 6.37. The van der Waals surface area contributed by atoms with Crippen LogP contribution in [0.3, 0.4) is 0 Å². The number of hydrogen-bond acceptors (Lipinski definition) is 5. The van der Waals surface area contributed by atoms with Crippen molar-refractivity contribution >= 4 is 40.3 Å². The van der Waals surface area contributed by atoms with Crippen molar-refractivity contribution in [3.63, 3.8) is 0 Å². The average Bonchev–Trinajstić information content (AvgIpc) is 2.73. The Labute approximate surface area is 133 Å². The molecule has 1 N–H and O–H groups in total. The molecule has 21 heavy (non-hydrogen) atoms. The molecule has 0 aliphatic carbocycles. The molecule has 4 nitrogen and oxygen atoms in total. The fourth-order valence-electron chi connectivity index (χ4n) is 1.84. The van der Waals surface area contributed by atoms with Crippen molar-refractivity contribution in [3.05, 3.63) is 47.2 Å². The molecule has 0 spiro atoms. The van der Waals surface area contributed by atoms with E-state index < -0.39 is 0 Å². The molecule has 0 aromatic heterocycles. The summed E-state index contributed by atoms with van der Waals surface area (Å²) < 4.78 is 0. The van der Waals surface area contributed by atoms with Crippen LogP contribution in [-0.4, -0.2) is 36.6 Å². The maximum absolute atomic E-state index is 12.2. The molecule has 1 heterocycles. The molecular formula is C15H17N3OS2. The Morgan fingerprint density at radius 1 is 1.43 bits per heavy atom. The molecular weight excluding hydrogens is 302 g/mol. The lowest BCUT2D eigenvalue weighted by Crippen LogP contribution is -2.28. The van der Waals surface area contributed by atoms with Gasteiger partial charge in [0, 0.05) is 25.5 Å². The van der Waals surface area contributed by atoms with Crippen molar-refractivity contribution < 1.29 is 4.79 Å². The predicted molar refractivity (Wildman–Crippen MR) is 91.9 cm³/mol. The van der Waals surface area contributed by atoms with Crippen LogP contribution >= 0.6 is 23.5 Å². The number of rotatable bonds is 5. The molecule has 0 bridgehead atoms. The Morgan fingerprint density at radius 3 is 2.81 bits per heavy atom. The molecule has 1 aliphatic heterocycles. The van der Waals surface area contributed by atoms with Crippen LogP contribution in [0, 0.1) is 5.41 Å². The lowest BCUT2D eigenvalue weighted by atomic mass is 10.3. The topological polar surface area (TPSA) is 47.4 Å². The Hall–Kier alpha value is -1.66. The summed E-state index contributed by atoms with van der Waals surface area (Å²) in [6.45, 7) is 3.99. The summed E-state index contributed by atoms with van der Waals surface area (Å²) in [4.78, 5) is 17.3. The molecule has 1 fully saturated rings. The van der Waals surface area contributed by atoms with Crippen LogP contribution in [0.5, 0.6) is 0 Å². The molecule has 1 amide bonds. The maximum Gasteiger partial charge on any atom is 0.267 e. The zero-order valence-electron chi connectivity index (χ0n) is 12.0. The summed E-state index contributed by atoms with van der Waals surface area (Å²) in [5, 5.41) is 9.91. The van der Waals surface area contributed by atoms with E-state index in [-0.39, 0.29) is 11.1 Å². The molecule has 0 atom stereocenters. The van der Waals surface area contributed by atoms with Crippen LogP contribution < -0.4 is 4.90 Å². The fraction of sp³-hybridized carbons (Fsp3) is 0.200. The Kier molecular flexibility index (Phi) is 5.14. The van der Waals surface area contributed by atoms with Gasteiger partial charge in [-0.05, 0) is 29.3 Å². The van der Waals surface area contributed by atoms with E-state index in [1.165, 1.54) is 28.4 Å². The van der Waals surface area contributed by atoms with E-state index >= 15 is 0 Å². The highest BCUT2D eigenvalue weighted by Gasteiger charge is 2.31. The Bertz CT molecular complexity index is 611. The second kappa shape index (κ2) is 6.87. The monoisotopic (exact) mass is 319 g/mol. The number of hydrogen-bond donors (Lipinski definition) is 1.